The first-order chi connectivity index (χ1) is 12.7. The maximum Gasteiger partial charge on any atom is 0.137 e. The Morgan fingerprint density at radius 3 is 2.62 bits per heavy atom. The van der Waals surface area contributed by atoms with Gasteiger partial charge in [-0.2, -0.15) is 0 Å². The van der Waals surface area contributed by atoms with Crippen LogP contribution >= 0.6 is 0 Å². The minimum atomic E-state index is -1.18. The van der Waals surface area contributed by atoms with Gasteiger partial charge >= 0.3 is 0 Å². The van der Waals surface area contributed by atoms with Crippen molar-refractivity contribution in [2.24, 2.45) is 0 Å². The zero-order valence-corrected chi connectivity index (χ0v) is 15.5. The first-order valence-electron chi connectivity index (χ1n) is 8.68. The van der Waals surface area contributed by atoms with Crippen molar-refractivity contribution in [1.82, 2.24) is 14.3 Å². The van der Waals surface area contributed by atoms with Crippen LogP contribution in [-0.2, 0) is 15.7 Å². The summed E-state index contributed by atoms with van der Waals surface area (Å²) in [5.41, 5.74) is 4.02. The van der Waals surface area contributed by atoms with Gasteiger partial charge in [0.15, 0.2) is 0 Å². The average Bonchev–Trinajstić information content (AvgIpc) is 3.19. The number of aryl methyl sites for hydroxylation is 1. The van der Waals surface area contributed by atoms with E-state index < -0.39 is 11.0 Å². The molecule has 1 aromatic heterocycles. The van der Waals surface area contributed by atoms with Gasteiger partial charge in [0, 0.05) is 18.7 Å². The Kier molecular flexibility index (Phi) is 4.97. The van der Waals surface area contributed by atoms with Gasteiger partial charge in [-0.15, -0.1) is 0 Å². The van der Waals surface area contributed by atoms with E-state index in [2.05, 4.69) is 9.97 Å². The molecule has 1 N–H and O–H groups in total. The largest absolute Gasteiger partial charge is 0.379 e. The quantitative estimate of drug-likeness (QED) is 0.769. The van der Waals surface area contributed by atoms with Gasteiger partial charge in [-0.05, 0) is 24.1 Å². The lowest BCUT2D eigenvalue weighted by atomic mass is 10.1. The first kappa shape index (κ1) is 17.1. The molecule has 5 nitrogen and oxygen atoms in total. The number of rotatable bonds is 4. The number of hydrogen-bond acceptors (Lipinski definition) is 3. The highest BCUT2D eigenvalue weighted by molar-refractivity contribution is 7.82. The fourth-order valence-corrected chi connectivity index (χ4v) is 4.35. The minimum absolute atomic E-state index is 0.628. The summed E-state index contributed by atoms with van der Waals surface area (Å²) in [5.74, 6) is 0.782. The highest BCUT2D eigenvalue weighted by Crippen LogP contribution is 2.26. The molecule has 1 aliphatic rings. The predicted molar refractivity (Wildman–Crippen MR) is 103 cm³/mol. The van der Waals surface area contributed by atoms with Crippen LogP contribution in [0.2, 0.25) is 0 Å². The van der Waals surface area contributed by atoms with Crippen molar-refractivity contribution in [3.63, 3.8) is 0 Å². The van der Waals surface area contributed by atoms with E-state index in [1.54, 1.807) is 0 Å². The summed E-state index contributed by atoms with van der Waals surface area (Å²) in [6, 6.07) is 16.1. The number of ether oxygens (including phenoxy) is 1. The van der Waals surface area contributed by atoms with Crippen LogP contribution < -0.4 is 0 Å². The van der Waals surface area contributed by atoms with Gasteiger partial charge in [0.1, 0.15) is 16.8 Å². The molecule has 0 bridgehead atoms. The normalized spacial score (nSPS) is 16.5. The third-order valence-electron chi connectivity index (χ3n) is 4.51. The maximum absolute atomic E-state index is 13.0. The van der Waals surface area contributed by atoms with Crippen LogP contribution in [0.15, 0.2) is 59.6 Å². The van der Waals surface area contributed by atoms with Crippen LogP contribution in [0.5, 0.6) is 0 Å². The molecule has 26 heavy (non-hydrogen) atoms. The topological polar surface area (TPSA) is 58.2 Å². The number of nitrogens with zero attached hydrogens (tertiary/aromatic N) is 2. The Hall–Kier alpha value is -2.28. The van der Waals surface area contributed by atoms with E-state index in [-0.39, 0.29) is 0 Å². The molecule has 0 spiro atoms. The molecule has 2 aromatic carbocycles. The van der Waals surface area contributed by atoms with Gasteiger partial charge in [-0.3, -0.25) is 0 Å². The molecule has 0 saturated carbocycles. The summed E-state index contributed by atoms with van der Waals surface area (Å²) in [6.07, 6.45) is 1.84. The molecule has 1 atom stereocenters. The molecule has 1 saturated heterocycles. The fourth-order valence-electron chi connectivity index (χ4n) is 3.02. The second-order valence-corrected chi connectivity index (χ2v) is 7.74. The van der Waals surface area contributed by atoms with Crippen molar-refractivity contribution >= 4 is 11.0 Å². The molecular weight excluding hydrogens is 346 g/mol. The number of H-pyrrole nitrogens is 1. The summed E-state index contributed by atoms with van der Waals surface area (Å²) in [5, 5.41) is 0. The maximum atomic E-state index is 13.0. The van der Waals surface area contributed by atoms with E-state index in [9.17, 15) is 4.21 Å². The van der Waals surface area contributed by atoms with Crippen molar-refractivity contribution in [2.45, 2.75) is 11.8 Å². The van der Waals surface area contributed by atoms with Gasteiger partial charge < -0.3 is 9.72 Å². The lowest BCUT2D eigenvalue weighted by Gasteiger charge is -2.26. The fraction of sp³-hybridized carbons (Fsp3) is 0.250. The molecule has 3 aromatic rings. The molecule has 1 aliphatic heterocycles. The molecule has 0 aliphatic carbocycles. The SMILES string of the molecule is Cc1ccc(-c2ncc(-c3ccccc3)[nH]2)cc1S(=O)N1CCOCC1. The zero-order chi connectivity index (χ0) is 17.9. The molecule has 6 heteroatoms. The number of hydrogen-bond donors (Lipinski definition) is 1. The van der Waals surface area contributed by atoms with Crippen LogP contribution in [0.3, 0.4) is 0 Å². The van der Waals surface area contributed by atoms with Crippen molar-refractivity contribution < 1.29 is 8.95 Å². The van der Waals surface area contributed by atoms with Crippen LogP contribution in [0, 0.1) is 6.92 Å². The Bertz CT molecular complexity index is 918. The van der Waals surface area contributed by atoms with Crippen molar-refractivity contribution in [2.75, 3.05) is 26.3 Å². The van der Waals surface area contributed by atoms with Gasteiger partial charge in [-0.1, -0.05) is 42.5 Å². The molecular formula is C20H21N3O2S. The summed E-state index contributed by atoms with van der Waals surface area (Å²) < 4.78 is 20.3. The van der Waals surface area contributed by atoms with Gasteiger partial charge in [0.05, 0.1) is 30.0 Å². The highest BCUT2D eigenvalue weighted by Gasteiger charge is 2.20. The third kappa shape index (κ3) is 3.49. The van der Waals surface area contributed by atoms with E-state index in [1.807, 2.05) is 66.0 Å². The molecule has 0 amide bonds. The van der Waals surface area contributed by atoms with E-state index in [1.165, 1.54) is 0 Å². The Balaban J connectivity index is 1.64. The zero-order valence-electron chi connectivity index (χ0n) is 14.6. The Morgan fingerprint density at radius 1 is 1.08 bits per heavy atom. The molecule has 1 fully saturated rings. The second kappa shape index (κ2) is 7.53. The molecule has 1 unspecified atom stereocenters. The highest BCUT2D eigenvalue weighted by atomic mass is 32.2. The third-order valence-corrected chi connectivity index (χ3v) is 6.17. The number of imidazole rings is 1. The van der Waals surface area contributed by atoms with Crippen LogP contribution in [0.25, 0.3) is 22.6 Å². The lowest BCUT2D eigenvalue weighted by molar-refractivity contribution is 0.0752. The van der Waals surface area contributed by atoms with Crippen molar-refractivity contribution in [1.29, 1.82) is 0 Å². The number of aromatic nitrogens is 2. The lowest BCUT2D eigenvalue weighted by Crippen LogP contribution is -2.37. The van der Waals surface area contributed by atoms with Crippen LogP contribution in [0.4, 0.5) is 0 Å². The number of benzene rings is 2. The van der Waals surface area contributed by atoms with Gasteiger partial charge in [0.25, 0.3) is 0 Å². The monoisotopic (exact) mass is 367 g/mol. The Labute approximate surface area is 155 Å². The molecule has 134 valence electrons. The summed E-state index contributed by atoms with van der Waals surface area (Å²) in [6.45, 7) is 4.63. The van der Waals surface area contributed by atoms with Gasteiger partial charge in [0.2, 0.25) is 0 Å². The minimum Gasteiger partial charge on any atom is -0.379 e. The Morgan fingerprint density at radius 2 is 1.85 bits per heavy atom. The predicted octanol–water partition coefficient (Wildman–Crippen LogP) is 3.41. The number of aromatic amines is 1. The van der Waals surface area contributed by atoms with E-state index in [0.717, 1.165) is 33.1 Å². The number of morpholine rings is 1. The summed E-state index contributed by atoms with van der Waals surface area (Å²) >= 11 is 0. The average molecular weight is 367 g/mol. The smallest absolute Gasteiger partial charge is 0.137 e. The van der Waals surface area contributed by atoms with E-state index in [4.69, 9.17) is 4.74 Å². The van der Waals surface area contributed by atoms with Crippen LogP contribution in [0.1, 0.15) is 5.56 Å². The second-order valence-electron chi connectivity index (χ2n) is 6.28. The van der Waals surface area contributed by atoms with Gasteiger partial charge in [-0.25, -0.2) is 13.5 Å². The van der Waals surface area contributed by atoms with Crippen molar-refractivity contribution in [3.05, 3.63) is 60.3 Å². The summed E-state index contributed by atoms with van der Waals surface area (Å²) in [4.78, 5) is 8.72. The standard InChI is InChI=1S/C20H21N3O2S/c1-15-7-8-17(13-19(15)26(24)23-9-11-25-12-10-23)20-21-14-18(22-20)16-5-3-2-4-6-16/h2-8,13-14H,9-12H2,1H3,(H,21,22). The molecule has 4 rings (SSSR count). The first-order valence-corrected chi connectivity index (χ1v) is 9.79. The molecule has 0 radical (unpaired) electrons. The number of nitrogens with one attached hydrogen (secondary N) is 1. The van der Waals surface area contributed by atoms with Crippen molar-refractivity contribution in [3.8, 4) is 22.6 Å². The summed E-state index contributed by atoms with van der Waals surface area (Å²) in [7, 11) is -1.18. The van der Waals surface area contributed by atoms with E-state index >= 15 is 0 Å². The van der Waals surface area contributed by atoms with E-state index in [0.29, 0.717) is 26.3 Å². The molecule has 2 heterocycles. The van der Waals surface area contributed by atoms with Crippen LogP contribution in [-0.4, -0.2) is 44.8 Å².